The van der Waals surface area contributed by atoms with E-state index in [0.29, 0.717) is 21.5 Å². The van der Waals surface area contributed by atoms with Gasteiger partial charge in [0, 0.05) is 11.6 Å². The molecule has 3 rings (SSSR count). The van der Waals surface area contributed by atoms with E-state index in [9.17, 15) is 14.4 Å². The van der Waals surface area contributed by atoms with Crippen molar-refractivity contribution in [3.63, 3.8) is 0 Å². The van der Waals surface area contributed by atoms with E-state index in [4.69, 9.17) is 11.6 Å². The molecule has 0 aliphatic carbocycles. The van der Waals surface area contributed by atoms with Crippen molar-refractivity contribution in [1.29, 1.82) is 0 Å². The van der Waals surface area contributed by atoms with Gasteiger partial charge in [0.15, 0.2) is 0 Å². The van der Waals surface area contributed by atoms with Gasteiger partial charge >= 0.3 is 5.97 Å². The second-order valence-corrected chi connectivity index (χ2v) is 6.24. The van der Waals surface area contributed by atoms with Crippen molar-refractivity contribution in [1.82, 2.24) is 14.9 Å². The number of nitrogens with zero attached hydrogens (tertiary/aromatic N) is 2. The number of fused-ring (bicyclic) bond motifs is 1. The van der Waals surface area contributed by atoms with Gasteiger partial charge < -0.3 is 10.1 Å². The molecule has 0 aliphatic rings. The molecule has 2 aromatic carbocycles. The van der Waals surface area contributed by atoms with Crippen molar-refractivity contribution in [2.24, 2.45) is 0 Å². The molecule has 0 saturated carbocycles. The summed E-state index contributed by atoms with van der Waals surface area (Å²) in [5.41, 5.74) is 1.43. The van der Waals surface area contributed by atoms with E-state index in [0.717, 1.165) is 5.56 Å². The molecular weight excluding hydrogens is 370 g/mol. The number of aromatic nitrogens is 2. The van der Waals surface area contributed by atoms with Gasteiger partial charge in [0.05, 0.1) is 29.9 Å². The largest absolute Gasteiger partial charge is 0.465 e. The number of benzene rings is 2. The highest BCUT2D eigenvalue weighted by molar-refractivity contribution is 6.31. The lowest BCUT2D eigenvalue weighted by Gasteiger charge is -2.08. The van der Waals surface area contributed by atoms with Crippen molar-refractivity contribution >= 4 is 34.4 Å². The average Bonchev–Trinajstić information content (AvgIpc) is 2.68. The summed E-state index contributed by atoms with van der Waals surface area (Å²) in [6.07, 6.45) is 1.34. The minimum absolute atomic E-state index is 0.158. The highest BCUT2D eigenvalue weighted by atomic mass is 35.5. The van der Waals surface area contributed by atoms with Crippen LogP contribution in [0.15, 0.2) is 53.6 Å². The van der Waals surface area contributed by atoms with Gasteiger partial charge in [0.1, 0.15) is 6.54 Å². The summed E-state index contributed by atoms with van der Waals surface area (Å²) < 4.78 is 5.87. The summed E-state index contributed by atoms with van der Waals surface area (Å²) in [6, 6.07) is 11.5. The Hall–Kier alpha value is -3.19. The summed E-state index contributed by atoms with van der Waals surface area (Å²) in [5, 5.41) is 3.52. The molecule has 0 aliphatic heterocycles. The molecular formula is C19H16ClN3O4. The number of hydrogen-bond acceptors (Lipinski definition) is 5. The minimum atomic E-state index is -0.422. The van der Waals surface area contributed by atoms with Crippen molar-refractivity contribution in [3.8, 4) is 0 Å². The molecule has 0 spiro atoms. The fourth-order valence-corrected chi connectivity index (χ4v) is 2.70. The highest BCUT2D eigenvalue weighted by Gasteiger charge is 2.09. The van der Waals surface area contributed by atoms with Crippen LogP contribution in [0.25, 0.3) is 10.9 Å². The lowest BCUT2D eigenvalue weighted by atomic mass is 10.1. The second-order valence-electron chi connectivity index (χ2n) is 5.80. The topological polar surface area (TPSA) is 90.3 Å². The minimum Gasteiger partial charge on any atom is -0.465 e. The van der Waals surface area contributed by atoms with Gasteiger partial charge in [-0.2, -0.15) is 0 Å². The molecule has 27 heavy (non-hydrogen) atoms. The number of nitrogens with one attached hydrogen (secondary N) is 1. The fraction of sp³-hybridized carbons (Fsp3) is 0.158. The van der Waals surface area contributed by atoms with Crippen molar-refractivity contribution in [2.45, 2.75) is 13.1 Å². The molecule has 0 radical (unpaired) electrons. The molecule has 7 nitrogen and oxygen atoms in total. The van der Waals surface area contributed by atoms with Gasteiger partial charge in [0.25, 0.3) is 5.56 Å². The van der Waals surface area contributed by atoms with Gasteiger partial charge in [0.2, 0.25) is 5.91 Å². The van der Waals surface area contributed by atoms with Gasteiger partial charge in [-0.3, -0.25) is 14.2 Å². The molecule has 1 amide bonds. The molecule has 0 fully saturated rings. The molecule has 1 heterocycles. The Kier molecular flexibility index (Phi) is 5.52. The maximum atomic E-state index is 12.5. The Labute approximate surface area is 159 Å². The van der Waals surface area contributed by atoms with E-state index in [-0.39, 0.29) is 24.6 Å². The number of halogens is 1. The first kappa shape index (κ1) is 18.6. The summed E-state index contributed by atoms with van der Waals surface area (Å²) in [7, 11) is 1.31. The van der Waals surface area contributed by atoms with Crippen LogP contribution in [0.1, 0.15) is 15.9 Å². The van der Waals surface area contributed by atoms with E-state index in [1.165, 1.54) is 24.1 Å². The van der Waals surface area contributed by atoms with Crippen molar-refractivity contribution < 1.29 is 14.3 Å². The zero-order valence-corrected chi connectivity index (χ0v) is 15.2. The van der Waals surface area contributed by atoms with Gasteiger partial charge in [-0.25, -0.2) is 9.78 Å². The summed E-state index contributed by atoms with van der Waals surface area (Å²) in [4.78, 5) is 40.2. The third-order valence-electron chi connectivity index (χ3n) is 3.96. The van der Waals surface area contributed by atoms with Crippen molar-refractivity contribution in [2.75, 3.05) is 7.11 Å². The Morgan fingerprint density at radius 1 is 1.19 bits per heavy atom. The lowest BCUT2D eigenvalue weighted by molar-refractivity contribution is -0.121. The van der Waals surface area contributed by atoms with E-state index < -0.39 is 5.97 Å². The van der Waals surface area contributed by atoms with Crippen LogP contribution in [-0.2, 0) is 22.6 Å². The SMILES string of the molecule is COC(=O)c1ccc(CNC(=O)Cn2cnc3ccc(Cl)cc3c2=O)cc1. The molecule has 0 unspecified atom stereocenters. The maximum absolute atomic E-state index is 12.5. The monoisotopic (exact) mass is 385 g/mol. The molecule has 8 heteroatoms. The molecule has 0 saturated heterocycles. The van der Waals surface area contributed by atoms with Crippen LogP contribution >= 0.6 is 11.6 Å². The number of methoxy groups -OCH3 is 1. The summed E-state index contributed by atoms with van der Waals surface area (Å²) in [6.45, 7) is 0.108. The number of rotatable bonds is 5. The standard InChI is InChI=1S/C19H16ClN3O4/c1-27-19(26)13-4-2-12(3-5-13)9-21-17(24)10-23-11-22-16-7-6-14(20)8-15(16)18(23)25/h2-8,11H,9-10H2,1H3,(H,21,24). The first-order valence-electron chi connectivity index (χ1n) is 8.06. The van der Waals surface area contributed by atoms with Crippen LogP contribution in [0.2, 0.25) is 5.02 Å². The van der Waals surface area contributed by atoms with Crippen molar-refractivity contribution in [3.05, 3.63) is 75.3 Å². The number of carbonyl (C=O) groups excluding carboxylic acids is 2. The fourth-order valence-electron chi connectivity index (χ4n) is 2.53. The molecule has 3 aromatic rings. The molecule has 0 atom stereocenters. The zero-order chi connectivity index (χ0) is 19.4. The number of amides is 1. The van der Waals surface area contributed by atoms with E-state index in [1.807, 2.05) is 0 Å². The molecule has 138 valence electrons. The number of hydrogen-bond donors (Lipinski definition) is 1. The summed E-state index contributed by atoms with van der Waals surface area (Å²) in [5.74, 6) is -0.758. The van der Waals surface area contributed by atoms with Crippen LogP contribution in [0.3, 0.4) is 0 Å². The lowest BCUT2D eigenvalue weighted by Crippen LogP contribution is -2.32. The van der Waals surface area contributed by atoms with Gasteiger partial charge in [-0.1, -0.05) is 23.7 Å². The predicted molar refractivity (Wildman–Crippen MR) is 101 cm³/mol. The number of carbonyl (C=O) groups is 2. The first-order chi connectivity index (χ1) is 13.0. The molecule has 0 bridgehead atoms. The van der Waals surface area contributed by atoms with E-state index >= 15 is 0 Å². The number of ether oxygens (including phenoxy) is 1. The van der Waals surface area contributed by atoms with Gasteiger partial charge in [-0.15, -0.1) is 0 Å². The Bertz CT molecular complexity index is 1060. The second kappa shape index (κ2) is 8.01. The normalized spacial score (nSPS) is 10.6. The van der Waals surface area contributed by atoms with Crippen LogP contribution < -0.4 is 10.9 Å². The predicted octanol–water partition coefficient (Wildman–Crippen LogP) is 2.15. The molecule has 1 N–H and O–H groups in total. The Morgan fingerprint density at radius 2 is 1.93 bits per heavy atom. The molecule has 1 aromatic heterocycles. The Balaban J connectivity index is 1.66. The average molecular weight is 386 g/mol. The van der Waals surface area contributed by atoms with E-state index in [2.05, 4.69) is 15.0 Å². The number of esters is 1. The summed E-state index contributed by atoms with van der Waals surface area (Å²) >= 11 is 5.92. The third kappa shape index (κ3) is 4.32. The Morgan fingerprint density at radius 3 is 2.63 bits per heavy atom. The zero-order valence-electron chi connectivity index (χ0n) is 14.4. The van der Waals surface area contributed by atoms with Crippen LogP contribution in [0.4, 0.5) is 0 Å². The van der Waals surface area contributed by atoms with Gasteiger partial charge in [-0.05, 0) is 35.9 Å². The quantitative estimate of drug-likeness (QED) is 0.679. The third-order valence-corrected chi connectivity index (χ3v) is 4.20. The van der Waals surface area contributed by atoms with E-state index in [1.54, 1.807) is 36.4 Å². The smallest absolute Gasteiger partial charge is 0.337 e. The highest BCUT2D eigenvalue weighted by Crippen LogP contribution is 2.14. The van der Waals surface area contributed by atoms with Crippen LogP contribution in [0.5, 0.6) is 0 Å². The van der Waals surface area contributed by atoms with Crippen LogP contribution in [-0.4, -0.2) is 28.5 Å². The van der Waals surface area contributed by atoms with Crippen LogP contribution in [0, 0.1) is 0 Å². The first-order valence-corrected chi connectivity index (χ1v) is 8.44. The maximum Gasteiger partial charge on any atom is 0.337 e.